The molecule has 2 aromatic rings. The van der Waals surface area contributed by atoms with Gasteiger partial charge in [-0.1, -0.05) is 53.9 Å². The minimum atomic E-state index is -1.08. The Kier molecular flexibility index (Phi) is 9.42. The van der Waals surface area contributed by atoms with Crippen LogP contribution in [0.3, 0.4) is 0 Å². The minimum Gasteiger partial charge on any atom is -0.466 e. The first kappa shape index (κ1) is 25.0. The summed E-state index contributed by atoms with van der Waals surface area (Å²) in [6.45, 7) is 5.21. The summed E-state index contributed by atoms with van der Waals surface area (Å²) in [5, 5.41) is 13.4. The van der Waals surface area contributed by atoms with Gasteiger partial charge in [-0.3, -0.25) is 4.79 Å². The summed E-state index contributed by atoms with van der Waals surface area (Å²) >= 11 is 12.2. The van der Waals surface area contributed by atoms with Crippen LogP contribution >= 0.6 is 23.2 Å². The number of carbonyl (C=O) groups excluding carboxylic acids is 1. The van der Waals surface area contributed by atoms with Crippen LogP contribution in [-0.2, 0) is 15.1 Å². The highest BCUT2D eigenvalue weighted by molar-refractivity contribution is 6.30. The Labute approximate surface area is 201 Å². The van der Waals surface area contributed by atoms with Gasteiger partial charge in [-0.25, -0.2) is 0 Å². The number of piperidine rings is 1. The summed E-state index contributed by atoms with van der Waals surface area (Å²) in [6, 6.07) is 15.0. The van der Waals surface area contributed by atoms with E-state index in [-0.39, 0.29) is 11.9 Å². The van der Waals surface area contributed by atoms with Crippen molar-refractivity contribution in [3.05, 3.63) is 69.7 Å². The molecule has 4 nitrogen and oxygen atoms in total. The fourth-order valence-electron chi connectivity index (χ4n) is 4.64. The summed E-state index contributed by atoms with van der Waals surface area (Å²) in [5.41, 5.74) is 0.643. The van der Waals surface area contributed by atoms with Crippen molar-refractivity contribution in [2.24, 2.45) is 5.92 Å². The molecular formula is C26H33Cl2NO3. The third-order valence-electron chi connectivity index (χ3n) is 6.41. The molecule has 3 rings (SSSR count). The van der Waals surface area contributed by atoms with Gasteiger partial charge in [0.2, 0.25) is 0 Å². The molecule has 0 unspecified atom stereocenters. The summed E-state index contributed by atoms with van der Waals surface area (Å²) in [7, 11) is 0. The van der Waals surface area contributed by atoms with Crippen molar-refractivity contribution in [2.45, 2.75) is 51.0 Å². The zero-order valence-electron chi connectivity index (χ0n) is 18.7. The second-order valence-corrected chi connectivity index (χ2v) is 9.38. The lowest BCUT2D eigenvalue weighted by Crippen LogP contribution is -2.44. The molecule has 1 N–H and O–H groups in total. The average Bonchev–Trinajstić information content (AvgIpc) is 2.80. The average molecular weight is 478 g/mol. The number of benzene rings is 2. The SMILES string of the molecule is CCOC(=O)CCCCCN1CCC(C(O)(c2ccc(Cl)cc2)c2ccc(Cl)cc2)CC1. The quantitative estimate of drug-likeness (QED) is 0.333. The van der Waals surface area contributed by atoms with Gasteiger partial charge in [0.1, 0.15) is 5.60 Å². The number of aliphatic hydroxyl groups is 1. The van der Waals surface area contributed by atoms with Gasteiger partial charge in [0, 0.05) is 16.5 Å². The number of halogens is 2. The lowest BCUT2D eigenvalue weighted by Gasteiger charge is -2.42. The van der Waals surface area contributed by atoms with E-state index in [1.54, 1.807) is 0 Å². The summed E-state index contributed by atoms with van der Waals surface area (Å²) in [4.78, 5) is 13.9. The van der Waals surface area contributed by atoms with Crippen LogP contribution < -0.4 is 0 Å². The van der Waals surface area contributed by atoms with Crippen LogP contribution in [0.5, 0.6) is 0 Å². The van der Waals surface area contributed by atoms with Crippen molar-refractivity contribution >= 4 is 29.2 Å². The summed E-state index contributed by atoms with van der Waals surface area (Å²) < 4.78 is 4.98. The van der Waals surface area contributed by atoms with E-state index in [1.807, 2.05) is 55.5 Å². The van der Waals surface area contributed by atoms with Crippen molar-refractivity contribution in [3.63, 3.8) is 0 Å². The van der Waals surface area contributed by atoms with Crippen LogP contribution in [0.2, 0.25) is 10.0 Å². The molecule has 0 spiro atoms. The van der Waals surface area contributed by atoms with Crippen LogP contribution in [0.25, 0.3) is 0 Å². The molecule has 1 heterocycles. The van der Waals surface area contributed by atoms with Gasteiger partial charge in [-0.2, -0.15) is 0 Å². The molecule has 2 aromatic carbocycles. The van der Waals surface area contributed by atoms with Gasteiger partial charge in [0.25, 0.3) is 0 Å². The summed E-state index contributed by atoms with van der Waals surface area (Å²) in [5.74, 6) is 0.00177. The van der Waals surface area contributed by atoms with E-state index in [4.69, 9.17) is 27.9 Å². The zero-order valence-corrected chi connectivity index (χ0v) is 20.2. The van der Waals surface area contributed by atoms with Crippen LogP contribution in [0, 0.1) is 5.92 Å². The second-order valence-electron chi connectivity index (χ2n) is 8.51. The van der Waals surface area contributed by atoms with Crippen molar-refractivity contribution < 1.29 is 14.6 Å². The number of esters is 1. The highest BCUT2D eigenvalue weighted by atomic mass is 35.5. The molecule has 0 radical (unpaired) electrons. The molecule has 32 heavy (non-hydrogen) atoms. The molecule has 0 atom stereocenters. The third-order valence-corrected chi connectivity index (χ3v) is 6.91. The van der Waals surface area contributed by atoms with Gasteiger partial charge in [0.15, 0.2) is 0 Å². The second kappa shape index (κ2) is 12.0. The monoisotopic (exact) mass is 477 g/mol. The fourth-order valence-corrected chi connectivity index (χ4v) is 4.89. The van der Waals surface area contributed by atoms with Crippen molar-refractivity contribution in [2.75, 3.05) is 26.2 Å². The van der Waals surface area contributed by atoms with Gasteiger partial charge >= 0.3 is 5.97 Å². The Bertz CT molecular complexity index is 801. The molecule has 1 aliphatic heterocycles. The molecule has 0 bridgehead atoms. The number of likely N-dealkylation sites (tertiary alicyclic amines) is 1. The van der Waals surface area contributed by atoms with Crippen molar-refractivity contribution in [1.29, 1.82) is 0 Å². The normalized spacial score (nSPS) is 15.6. The maximum Gasteiger partial charge on any atom is 0.305 e. The highest BCUT2D eigenvalue weighted by Crippen LogP contribution is 2.42. The lowest BCUT2D eigenvalue weighted by molar-refractivity contribution is -0.143. The van der Waals surface area contributed by atoms with E-state index in [0.717, 1.165) is 62.9 Å². The van der Waals surface area contributed by atoms with Gasteiger partial charge in [-0.05, 0) is 93.6 Å². The number of hydrogen-bond acceptors (Lipinski definition) is 4. The Hall–Kier alpha value is -1.59. The van der Waals surface area contributed by atoms with E-state index in [2.05, 4.69) is 4.90 Å². The van der Waals surface area contributed by atoms with Crippen LogP contribution in [0.15, 0.2) is 48.5 Å². The number of unbranched alkanes of at least 4 members (excludes halogenated alkanes) is 2. The van der Waals surface area contributed by atoms with E-state index >= 15 is 0 Å². The molecule has 174 valence electrons. The Morgan fingerprint density at radius 2 is 1.50 bits per heavy atom. The number of rotatable bonds is 10. The maximum absolute atomic E-state index is 12.0. The molecule has 1 fully saturated rings. The van der Waals surface area contributed by atoms with Gasteiger partial charge < -0.3 is 14.7 Å². The van der Waals surface area contributed by atoms with E-state index in [9.17, 15) is 9.90 Å². The zero-order chi connectivity index (χ0) is 23.0. The number of ether oxygens (including phenoxy) is 1. The molecule has 0 aromatic heterocycles. The predicted molar refractivity (Wildman–Crippen MR) is 130 cm³/mol. The number of carbonyl (C=O) groups is 1. The Morgan fingerprint density at radius 1 is 0.969 bits per heavy atom. The molecule has 0 aliphatic carbocycles. The van der Waals surface area contributed by atoms with Gasteiger partial charge in [0.05, 0.1) is 6.61 Å². The van der Waals surface area contributed by atoms with Crippen LogP contribution in [0.4, 0.5) is 0 Å². The standard InChI is InChI=1S/C26H33Cl2NO3/c1-2-32-25(30)6-4-3-5-17-29-18-15-22(16-19-29)26(31,20-7-11-23(27)12-8-20)21-9-13-24(28)14-10-21/h7-14,22,31H,2-6,15-19H2,1H3. The number of hydrogen-bond donors (Lipinski definition) is 1. The van der Waals surface area contributed by atoms with E-state index < -0.39 is 5.60 Å². The first-order valence-electron chi connectivity index (χ1n) is 11.6. The topological polar surface area (TPSA) is 49.8 Å². The van der Waals surface area contributed by atoms with Crippen LogP contribution in [0.1, 0.15) is 56.6 Å². The molecular weight excluding hydrogens is 445 g/mol. The predicted octanol–water partition coefficient (Wildman–Crippen LogP) is 6.06. The molecule has 1 aliphatic rings. The third kappa shape index (κ3) is 6.48. The summed E-state index contributed by atoms with van der Waals surface area (Å²) in [6.07, 6.45) is 5.30. The largest absolute Gasteiger partial charge is 0.466 e. The van der Waals surface area contributed by atoms with Gasteiger partial charge in [-0.15, -0.1) is 0 Å². The molecule has 0 amide bonds. The molecule has 0 saturated carbocycles. The molecule has 6 heteroatoms. The van der Waals surface area contributed by atoms with E-state index in [1.165, 1.54) is 0 Å². The number of nitrogens with zero attached hydrogens (tertiary/aromatic N) is 1. The fraction of sp³-hybridized carbons (Fsp3) is 0.500. The lowest BCUT2D eigenvalue weighted by atomic mass is 9.72. The Balaban J connectivity index is 1.59. The Morgan fingerprint density at radius 3 is 2.00 bits per heavy atom. The first-order chi connectivity index (χ1) is 15.4. The first-order valence-corrected chi connectivity index (χ1v) is 12.3. The van der Waals surface area contributed by atoms with E-state index in [0.29, 0.717) is 23.1 Å². The minimum absolute atomic E-state index is 0.100. The highest BCUT2D eigenvalue weighted by Gasteiger charge is 2.41. The molecule has 1 saturated heterocycles. The smallest absolute Gasteiger partial charge is 0.305 e. The maximum atomic E-state index is 12.0. The van der Waals surface area contributed by atoms with Crippen LogP contribution in [-0.4, -0.2) is 42.2 Å². The van der Waals surface area contributed by atoms with Crippen molar-refractivity contribution in [1.82, 2.24) is 4.90 Å². The van der Waals surface area contributed by atoms with Crippen molar-refractivity contribution in [3.8, 4) is 0 Å².